The van der Waals surface area contributed by atoms with Gasteiger partial charge in [-0.25, -0.2) is 9.36 Å². The third-order valence-corrected chi connectivity index (χ3v) is 7.57. The fourth-order valence-electron chi connectivity index (χ4n) is 4.26. The van der Waals surface area contributed by atoms with E-state index in [9.17, 15) is 19.2 Å². The van der Waals surface area contributed by atoms with E-state index in [1.807, 2.05) is 60.7 Å². The van der Waals surface area contributed by atoms with Crippen molar-refractivity contribution in [3.05, 3.63) is 92.8 Å². The van der Waals surface area contributed by atoms with Crippen molar-refractivity contribution >= 4 is 35.0 Å². The van der Waals surface area contributed by atoms with Crippen molar-refractivity contribution < 1.29 is 9.59 Å². The van der Waals surface area contributed by atoms with Gasteiger partial charge in [-0.05, 0) is 38.1 Å². The van der Waals surface area contributed by atoms with Gasteiger partial charge in [-0.2, -0.15) is 11.8 Å². The summed E-state index contributed by atoms with van der Waals surface area (Å²) in [5, 5.41) is 5.50. The molecule has 4 rings (SSSR count). The number of hydrogen-bond acceptors (Lipinski definition) is 5. The van der Waals surface area contributed by atoms with Gasteiger partial charge in [-0.1, -0.05) is 36.4 Å². The fourth-order valence-corrected chi connectivity index (χ4v) is 5.12. The molecule has 0 radical (unpaired) electrons. The topological polar surface area (TPSA) is 112 Å². The molecule has 11 heteroatoms. The van der Waals surface area contributed by atoms with Crippen LogP contribution in [0.4, 0.5) is 11.4 Å². The number of benzene rings is 2. The predicted molar refractivity (Wildman–Crippen MR) is 155 cm³/mol. The van der Waals surface area contributed by atoms with Gasteiger partial charge in [0.1, 0.15) is 11.4 Å². The lowest BCUT2D eigenvalue weighted by Gasteiger charge is -2.07. The van der Waals surface area contributed by atoms with Crippen LogP contribution in [-0.2, 0) is 23.7 Å². The Morgan fingerprint density at radius 3 is 1.38 bits per heavy atom. The van der Waals surface area contributed by atoms with Crippen LogP contribution >= 0.6 is 11.8 Å². The third kappa shape index (κ3) is 5.93. The number of aromatic nitrogens is 4. The normalized spacial score (nSPS) is 11.0. The number of nitrogens with zero attached hydrogens (tertiary/aromatic N) is 4. The Morgan fingerprint density at radius 2 is 1.03 bits per heavy atom. The first-order chi connectivity index (χ1) is 18.7. The maximum absolute atomic E-state index is 13.0. The Balaban J connectivity index is 1.27. The number of hydrogen-bond donors (Lipinski definition) is 2. The minimum Gasteiger partial charge on any atom is -0.320 e. The van der Waals surface area contributed by atoms with Crippen molar-refractivity contribution in [2.45, 2.75) is 26.7 Å². The van der Waals surface area contributed by atoms with Crippen LogP contribution in [0.25, 0.3) is 11.4 Å². The van der Waals surface area contributed by atoms with Gasteiger partial charge in [0.2, 0.25) is 11.8 Å². The van der Waals surface area contributed by atoms with Crippen molar-refractivity contribution in [2.75, 3.05) is 22.1 Å². The molecule has 0 fully saturated rings. The molecular formula is C28H32N6O4S. The molecule has 0 saturated heterocycles. The number of rotatable bonds is 10. The van der Waals surface area contributed by atoms with Crippen LogP contribution in [0, 0.1) is 13.8 Å². The number of anilines is 2. The maximum atomic E-state index is 13.0. The van der Waals surface area contributed by atoms with Crippen LogP contribution < -0.4 is 21.8 Å². The second kappa shape index (κ2) is 12.1. The van der Waals surface area contributed by atoms with E-state index in [1.54, 1.807) is 37.3 Å². The van der Waals surface area contributed by atoms with Gasteiger partial charge in [-0.15, -0.1) is 0 Å². The summed E-state index contributed by atoms with van der Waals surface area (Å²) in [7, 11) is 3.54. The lowest BCUT2D eigenvalue weighted by Crippen LogP contribution is -2.23. The molecule has 0 aliphatic rings. The molecule has 2 aromatic heterocycles. The second-order valence-corrected chi connectivity index (χ2v) is 10.3. The predicted octanol–water partition coefficient (Wildman–Crippen LogP) is 3.37. The Hall–Kier alpha value is -4.25. The van der Waals surface area contributed by atoms with Gasteiger partial charge >= 0.3 is 0 Å². The van der Waals surface area contributed by atoms with E-state index < -0.39 is 0 Å². The molecular weight excluding hydrogens is 516 g/mol. The highest BCUT2D eigenvalue weighted by Gasteiger charge is 2.19. The zero-order chi connectivity index (χ0) is 28.1. The van der Waals surface area contributed by atoms with Crippen LogP contribution in [0.2, 0.25) is 0 Å². The van der Waals surface area contributed by atoms with Crippen molar-refractivity contribution in [3.63, 3.8) is 0 Å². The largest absolute Gasteiger partial charge is 0.320 e. The van der Waals surface area contributed by atoms with E-state index in [-0.39, 0.29) is 47.1 Å². The summed E-state index contributed by atoms with van der Waals surface area (Å²) < 4.78 is 6.45. The number of para-hydroxylation sites is 2. The van der Waals surface area contributed by atoms with E-state index in [2.05, 4.69) is 10.6 Å². The molecule has 0 saturated carbocycles. The summed E-state index contributed by atoms with van der Waals surface area (Å²) in [5.74, 6) is 0.449. The SMILES string of the molecule is Cc1c(NC(=O)CCSCCC(=O)Nc2c(C)n(C)n(-c3ccccc3)c2=O)c(=O)n(-c2ccccc2)n1C. The first kappa shape index (κ1) is 27.8. The number of thioether (sulfide) groups is 1. The first-order valence-corrected chi connectivity index (χ1v) is 13.7. The van der Waals surface area contributed by atoms with E-state index in [0.29, 0.717) is 34.3 Å². The van der Waals surface area contributed by atoms with Crippen LogP contribution in [0.1, 0.15) is 24.2 Å². The quantitative estimate of drug-likeness (QED) is 0.295. The highest BCUT2D eigenvalue weighted by molar-refractivity contribution is 7.99. The third-order valence-electron chi connectivity index (χ3n) is 6.58. The summed E-state index contributed by atoms with van der Waals surface area (Å²) in [6.45, 7) is 3.57. The Labute approximate surface area is 230 Å². The maximum Gasteiger partial charge on any atom is 0.295 e. The van der Waals surface area contributed by atoms with Crippen molar-refractivity contribution in [1.29, 1.82) is 0 Å². The van der Waals surface area contributed by atoms with Gasteiger partial charge in [0.15, 0.2) is 0 Å². The van der Waals surface area contributed by atoms with Gasteiger partial charge in [0.05, 0.1) is 22.8 Å². The van der Waals surface area contributed by atoms with Gasteiger partial charge in [-0.3, -0.25) is 28.5 Å². The van der Waals surface area contributed by atoms with E-state index in [4.69, 9.17) is 0 Å². The lowest BCUT2D eigenvalue weighted by molar-refractivity contribution is -0.116. The molecule has 2 N–H and O–H groups in total. The van der Waals surface area contributed by atoms with Crippen LogP contribution in [0.5, 0.6) is 0 Å². The highest BCUT2D eigenvalue weighted by Crippen LogP contribution is 2.16. The van der Waals surface area contributed by atoms with Crippen LogP contribution in [0.15, 0.2) is 70.3 Å². The molecule has 10 nitrogen and oxygen atoms in total. The molecule has 0 unspecified atom stereocenters. The van der Waals surface area contributed by atoms with Crippen LogP contribution in [-0.4, -0.2) is 42.0 Å². The number of nitrogens with one attached hydrogen (secondary N) is 2. The summed E-state index contributed by atoms with van der Waals surface area (Å²) in [4.78, 5) is 51.0. The number of carbonyl (C=O) groups is 2. The zero-order valence-electron chi connectivity index (χ0n) is 22.4. The molecule has 2 aromatic carbocycles. The minimum absolute atomic E-state index is 0.199. The van der Waals surface area contributed by atoms with Gasteiger partial charge in [0, 0.05) is 38.4 Å². The molecule has 0 bridgehead atoms. The number of carbonyl (C=O) groups excluding carboxylic acids is 2. The van der Waals surface area contributed by atoms with E-state index in [1.165, 1.54) is 21.1 Å². The second-order valence-electron chi connectivity index (χ2n) is 9.08. The summed E-state index contributed by atoms with van der Waals surface area (Å²) in [5.41, 5.74) is 2.68. The monoisotopic (exact) mass is 548 g/mol. The van der Waals surface area contributed by atoms with Crippen molar-refractivity contribution in [2.24, 2.45) is 14.1 Å². The molecule has 0 aliphatic heterocycles. The van der Waals surface area contributed by atoms with Gasteiger partial charge < -0.3 is 10.6 Å². The summed E-state index contributed by atoms with van der Waals surface area (Å²) in [6, 6.07) is 18.5. The fraction of sp³-hybridized carbons (Fsp3) is 0.286. The highest BCUT2D eigenvalue weighted by atomic mass is 32.2. The Morgan fingerprint density at radius 1 is 0.667 bits per heavy atom. The lowest BCUT2D eigenvalue weighted by atomic mass is 10.3. The first-order valence-electron chi connectivity index (χ1n) is 12.6. The summed E-state index contributed by atoms with van der Waals surface area (Å²) >= 11 is 1.46. The summed E-state index contributed by atoms with van der Waals surface area (Å²) in [6.07, 6.45) is 0.399. The molecule has 39 heavy (non-hydrogen) atoms. The number of amides is 2. The standard InChI is InChI=1S/C28H32N6O4S/c1-19-25(27(37)33(31(19)3)21-11-7-5-8-12-21)29-23(35)15-17-39-18-16-24(36)30-26-20(2)32(4)34(28(26)38)22-13-9-6-10-14-22/h5-14H,15-18H2,1-4H3,(H,29,35)(H,30,36). The molecule has 0 atom stereocenters. The van der Waals surface area contributed by atoms with Crippen molar-refractivity contribution in [3.8, 4) is 11.4 Å². The smallest absolute Gasteiger partial charge is 0.295 e. The van der Waals surface area contributed by atoms with E-state index >= 15 is 0 Å². The molecule has 0 spiro atoms. The van der Waals surface area contributed by atoms with Crippen molar-refractivity contribution in [1.82, 2.24) is 18.7 Å². The molecule has 2 heterocycles. The Bertz CT molecular complexity index is 1480. The minimum atomic E-state index is -0.290. The average Bonchev–Trinajstić information content (AvgIpc) is 3.27. The molecule has 204 valence electrons. The molecule has 4 aromatic rings. The average molecular weight is 549 g/mol. The van der Waals surface area contributed by atoms with Gasteiger partial charge in [0.25, 0.3) is 11.1 Å². The van der Waals surface area contributed by atoms with Crippen LogP contribution in [0.3, 0.4) is 0 Å². The zero-order valence-corrected chi connectivity index (χ0v) is 23.2. The Kier molecular flexibility index (Phi) is 8.60. The van der Waals surface area contributed by atoms with E-state index in [0.717, 1.165) is 0 Å². The molecule has 0 aliphatic carbocycles. The molecule has 2 amide bonds.